The van der Waals surface area contributed by atoms with Crippen molar-refractivity contribution in [3.8, 4) is 0 Å². The molecule has 0 saturated heterocycles. The van der Waals surface area contributed by atoms with Crippen LogP contribution in [0.5, 0.6) is 0 Å². The molecule has 1 atom stereocenters. The third-order valence-electron chi connectivity index (χ3n) is 4.01. The highest BCUT2D eigenvalue weighted by Gasteiger charge is 2.20. The Kier molecular flexibility index (Phi) is 7.68. The number of benzene rings is 1. The van der Waals surface area contributed by atoms with Crippen LogP contribution in [-0.2, 0) is 0 Å². The smallest absolute Gasteiger partial charge is 0.271 e. The summed E-state index contributed by atoms with van der Waals surface area (Å²) in [5.74, 6) is -0.282. The molecule has 0 aliphatic heterocycles. The lowest BCUT2D eigenvalue weighted by Gasteiger charge is -2.30. The predicted molar refractivity (Wildman–Crippen MR) is 103 cm³/mol. The Hall–Kier alpha value is -1.63. The summed E-state index contributed by atoms with van der Waals surface area (Å²) < 4.78 is 0. The van der Waals surface area contributed by atoms with E-state index in [0.29, 0.717) is 11.7 Å². The molecule has 2 aromatic rings. The minimum Gasteiger partial charge on any atom is -0.349 e. The number of amides is 1. The highest BCUT2D eigenvalue weighted by molar-refractivity contribution is 7.98. The Morgan fingerprint density at radius 1 is 1.28 bits per heavy atom. The Bertz CT molecular complexity index is 695. The second-order valence-electron chi connectivity index (χ2n) is 5.41. The number of thioether (sulfide) groups is 1. The van der Waals surface area contributed by atoms with Gasteiger partial charge in [0.1, 0.15) is 0 Å². The van der Waals surface area contributed by atoms with Crippen molar-refractivity contribution >= 4 is 29.3 Å². The van der Waals surface area contributed by atoms with Crippen molar-refractivity contribution < 1.29 is 4.79 Å². The quantitative estimate of drug-likeness (QED) is 0.561. The van der Waals surface area contributed by atoms with Gasteiger partial charge in [0.15, 0.2) is 10.9 Å². The van der Waals surface area contributed by atoms with E-state index in [-0.39, 0.29) is 22.7 Å². The average Bonchev–Trinajstić information content (AvgIpc) is 2.66. The minimum atomic E-state index is -0.282. The minimum absolute atomic E-state index is 0.0979. The summed E-state index contributed by atoms with van der Waals surface area (Å²) in [5, 5.41) is 3.76. The monoisotopic (exact) mass is 378 g/mol. The molecule has 5 nitrogen and oxygen atoms in total. The number of carbonyl (C=O) groups is 1. The van der Waals surface area contributed by atoms with Crippen LogP contribution in [0.3, 0.4) is 0 Å². The number of carbonyl (C=O) groups excluding carboxylic acids is 1. The van der Waals surface area contributed by atoms with Crippen LogP contribution in [0.25, 0.3) is 0 Å². The van der Waals surface area contributed by atoms with Crippen molar-refractivity contribution in [3.63, 3.8) is 0 Å². The molecule has 0 fully saturated rings. The van der Waals surface area contributed by atoms with Crippen LogP contribution in [0, 0.1) is 0 Å². The fourth-order valence-corrected chi connectivity index (χ4v) is 3.20. The van der Waals surface area contributed by atoms with Gasteiger partial charge >= 0.3 is 0 Å². The molecule has 0 aliphatic carbocycles. The maximum Gasteiger partial charge on any atom is 0.271 e. The zero-order valence-corrected chi connectivity index (χ0v) is 16.3. The highest BCUT2D eigenvalue weighted by Crippen LogP contribution is 2.20. The number of aromatic nitrogens is 2. The first-order valence-electron chi connectivity index (χ1n) is 8.24. The fourth-order valence-electron chi connectivity index (χ4n) is 2.68. The van der Waals surface area contributed by atoms with Crippen LogP contribution in [0.15, 0.2) is 41.7 Å². The standard InChI is InChI=1S/C18H23ClN4OS/c1-4-23(5-2)15(13-9-7-6-8-10-13)12-20-17(24)16-14(19)11-21-18(22-16)25-3/h6-11,15H,4-5,12H2,1-3H3,(H,20,24). The van der Waals surface area contributed by atoms with Gasteiger partial charge in [-0.2, -0.15) is 0 Å². The molecule has 1 heterocycles. The molecule has 0 saturated carbocycles. The van der Waals surface area contributed by atoms with Crippen LogP contribution >= 0.6 is 23.4 Å². The number of hydrogen-bond donors (Lipinski definition) is 1. The molecule has 1 aromatic heterocycles. The van der Waals surface area contributed by atoms with Gasteiger partial charge in [0.2, 0.25) is 0 Å². The van der Waals surface area contributed by atoms with Crippen LogP contribution in [0.1, 0.15) is 35.9 Å². The van der Waals surface area contributed by atoms with Gasteiger partial charge in [0, 0.05) is 6.54 Å². The van der Waals surface area contributed by atoms with Crippen molar-refractivity contribution in [1.29, 1.82) is 0 Å². The Labute approximate surface area is 158 Å². The number of nitrogens with zero attached hydrogens (tertiary/aromatic N) is 3. The maximum atomic E-state index is 12.6. The summed E-state index contributed by atoms with van der Waals surface area (Å²) in [6.07, 6.45) is 3.32. The van der Waals surface area contributed by atoms with Crippen LogP contribution < -0.4 is 5.32 Å². The van der Waals surface area contributed by atoms with E-state index < -0.39 is 0 Å². The maximum absolute atomic E-state index is 12.6. The van der Waals surface area contributed by atoms with Gasteiger partial charge in [-0.1, -0.05) is 67.5 Å². The highest BCUT2D eigenvalue weighted by atomic mass is 35.5. The average molecular weight is 379 g/mol. The summed E-state index contributed by atoms with van der Waals surface area (Å²) in [5.41, 5.74) is 1.39. The first-order valence-corrected chi connectivity index (χ1v) is 9.84. The van der Waals surface area contributed by atoms with E-state index in [9.17, 15) is 4.79 Å². The van der Waals surface area contributed by atoms with E-state index in [1.165, 1.54) is 23.5 Å². The van der Waals surface area contributed by atoms with Gasteiger partial charge in [-0.05, 0) is 24.9 Å². The van der Waals surface area contributed by atoms with Gasteiger partial charge in [0.25, 0.3) is 5.91 Å². The molecule has 0 spiro atoms. The Morgan fingerprint density at radius 3 is 2.56 bits per heavy atom. The van der Waals surface area contributed by atoms with Crippen LogP contribution in [-0.4, -0.2) is 46.7 Å². The van der Waals surface area contributed by atoms with Crippen molar-refractivity contribution in [2.24, 2.45) is 0 Å². The Morgan fingerprint density at radius 2 is 1.96 bits per heavy atom. The van der Waals surface area contributed by atoms with E-state index in [4.69, 9.17) is 11.6 Å². The lowest BCUT2D eigenvalue weighted by atomic mass is 10.1. The lowest BCUT2D eigenvalue weighted by Crippen LogP contribution is -2.38. The van der Waals surface area contributed by atoms with E-state index in [1.54, 1.807) is 0 Å². The molecule has 0 radical (unpaired) electrons. The molecule has 25 heavy (non-hydrogen) atoms. The molecule has 1 amide bonds. The summed E-state index contributed by atoms with van der Waals surface area (Å²) >= 11 is 7.47. The molecule has 134 valence electrons. The molecule has 0 bridgehead atoms. The second kappa shape index (κ2) is 9.75. The fraction of sp³-hybridized carbons (Fsp3) is 0.389. The SMILES string of the molecule is CCN(CC)C(CNC(=O)c1nc(SC)ncc1Cl)c1ccccc1. The van der Waals surface area contributed by atoms with E-state index in [1.807, 2.05) is 24.5 Å². The molecular weight excluding hydrogens is 356 g/mol. The van der Waals surface area contributed by atoms with E-state index in [2.05, 4.69) is 46.2 Å². The van der Waals surface area contributed by atoms with Crippen molar-refractivity contribution in [1.82, 2.24) is 20.2 Å². The second-order valence-corrected chi connectivity index (χ2v) is 6.59. The van der Waals surface area contributed by atoms with Gasteiger partial charge in [-0.15, -0.1) is 0 Å². The van der Waals surface area contributed by atoms with Crippen LogP contribution in [0.2, 0.25) is 5.02 Å². The number of nitrogens with one attached hydrogen (secondary N) is 1. The normalized spacial score (nSPS) is 12.2. The third kappa shape index (κ3) is 5.17. The topological polar surface area (TPSA) is 58.1 Å². The molecule has 7 heteroatoms. The molecule has 0 aliphatic rings. The number of likely N-dealkylation sites (N-methyl/N-ethyl adjacent to an activating group) is 1. The first kappa shape index (κ1) is 19.7. The van der Waals surface area contributed by atoms with Gasteiger partial charge in [0.05, 0.1) is 17.3 Å². The largest absolute Gasteiger partial charge is 0.349 e. The molecule has 1 unspecified atom stereocenters. The number of hydrogen-bond acceptors (Lipinski definition) is 5. The molecule has 2 rings (SSSR count). The van der Waals surface area contributed by atoms with Crippen molar-refractivity contribution in [2.75, 3.05) is 25.9 Å². The summed E-state index contributed by atoms with van der Waals surface area (Å²) in [4.78, 5) is 23.2. The van der Waals surface area contributed by atoms with Crippen molar-refractivity contribution in [2.45, 2.75) is 25.0 Å². The summed E-state index contributed by atoms with van der Waals surface area (Å²) in [6.45, 7) is 6.52. The zero-order valence-electron chi connectivity index (χ0n) is 14.7. The Balaban J connectivity index is 2.16. The number of halogens is 1. The van der Waals surface area contributed by atoms with Crippen LogP contribution in [0.4, 0.5) is 0 Å². The van der Waals surface area contributed by atoms with Crippen molar-refractivity contribution in [3.05, 3.63) is 52.8 Å². The zero-order chi connectivity index (χ0) is 18.2. The number of rotatable bonds is 8. The first-order chi connectivity index (χ1) is 12.1. The summed E-state index contributed by atoms with van der Waals surface area (Å²) in [6, 6.07) is 10.3. The lowest BCUT2D eigenvalue weighted by molar-refractivity contribution is 0.0929. The van der Waals surface area contributed by atoms with Gasteiger partial charge in [-0.3, -0.25) is 9.69 Å². The summed E-state index contributed by atoms with van der Waals surface area (Å²) in [7, 11) is 0. The van der Waals surface area contributed by atoms with E-state index in [0.717, 1.165) is 13.1 Å². The molecular formula is C18H23ClN4OS. The van der Waals surface area contributed by atoms with Gasteiger partial charge < -0.3 is 5.32 Å². The third-order valence-corrected chi connectivity index (χ3v) is 4.85. The van der Waals surface area contributed by atoms with Gasteiger partial charge in [-0.25, -0.2) is 9.97 Å². The predicted octanol–water partition coefficient (Wildman–Crippen LogP) is 3.66. The molecule has 1 N–H and O–H groups in total. The molecule has 1 aromatic carbocycles. The van der Waals surface area contributed by atoms with E-state index >= 15 is 0 Å².